The number of ether oxygens (including phenoxy) is 3. The second-order valence-corrected chi connectivity index (χ2v) is 7.81. The third-order valence-electron chi connectivity index (χ3n) is 4.72. The van der Waals surface area contributed by atoms with E-state index in [1.807, 2.05) is 20.8 Å². The van der Waals surface area contributed by atoms with Crippen molar-refractivity contribution in [3.63, 3.8) is 0 Å². The van der Waals surface area contributed by atoms with Crippen LogP contribution in [0.5, 0.6) is 0 Å². The van der Waals surface area contributed by atoms with Crippen LogP contribution >= 0.6 is 0 Å². The lowest BCUT2D eigenvalue weighted by molar-refractivity contribution is -0.132. The lowest BCUT2D eigenvalue weighted by Crippen LogP contribution is -2.28. The zero-order chi connectivity index (χ0) is 16.8. The number of hydrogen-bond acceptors (Lipinski definition) is 4. The van der Waals surface area contributed by atoms with E-state index in [0.29, 0.717) is 18.1 Å². The molecule has 2 rings (SSSR count). The van der Waals surface area contributed by atoms with E-state index >= 15 is 0 Å². The molecule has 0 bridgehead atoms. The molecule has 130 valence electrons. The predicted octanol–water partition coefficient (Wildman–Crippen LogP) is 3.62. The van der Waals surface area contributed by atoms with Gasteiger partial charge in [0.2, 0.25) is 0 Å². The van der Waals surface area contributed by atoms with Gasteiger partial charge in [-0.05, 0) is 18.3 Å². The van der Waals surface area contributed by atoms with Gasteiger partial charge in [0.05, 0.1) is 25.9 Å². The summed E-state index contributed by atoms with van der Waals surface area (Å²) in [5.41, 5.74) is 0.256. The molecule has 2 atom stereocenters. The fourth-order valence-corrected chi connectivity index (χ4v) is 1.79. The fraction of sp³-hybridized carbons (Fsp3) is 0.944. The largest absolute Gasteiger partial charge is 0.373 e. The Hall–Kier alpha value is -0.450. The Labute approximate surface area is 135 Å². The zero-order valence-corrected chi connectivity index (χ0v) is 15.2. The van der Waals surface area contributed by atoms with Gasteiger partial charge in [0.15, 0.2) is 5.78 Å². The number of carbonyl (C=O) groups excluding carboxylic acids is 1. The normalized spacial score (nSPS) is 23.5. The number of epoxide rings is 2. The van der Waals surface area contributed by atoms with E-state index in [1.165, 1.54) is 12.8 Å². The second-order valence-electron chi connectivity index (χ2n) is 7.81. The summed E-state index contributed by atoms with van der Waals surface area (Å²) in [6.45, 7) is 15.3. The Morgan fingerprint density at radius 3 is 2.00 bits per heavy atom. The van der Waals surface area contributed by atoms with E-state index in [-0.39, 0.29) is 23.9 Å². The molecule has 2 saturated heterocycles. The molecule has 0 aromatic carbocycles. The molecular formula is C18H34O4. The number of ketones is 1. The van der Waals surface area contributed by atoms with Crippen molar-refractivity contribution in [2.75, 3.05) is 26.4 Å². The molecule has 0 amide bonds. The lowest BCUT2D eigenvalue weighted by atomic mass is 9.85. The van der Waals surface area contributed by atoms with Crippen LogP contribution < -0.4 is 0 Å². The van der Waals surface area contributed by atoms with Gasteiger partial charge in [0, 0.05) is 5.41 Å². The average Bonchev–Trinajstić information content (AvgIpc) is 3.35. The van der Waals surface area contributed by atoms with Crippen LogP contribution in [0.3, 0.4) is 0 Å². The molecule has 2 heterocycles. The molecule has 4 nitrogen and oxygen atoms in total. The highest BCUT2D eigenvalue weighted by Gasteiger charge is 2.29. The van der Waals surface area contributed by atoms with Crippen LogP contribution in [0.25, 0.3) is 0 Å². The van der Waals surface area contributed by atoms with Crippen LogP contribution in [0.4, 0.5) is 0 Å². The maximum Gasteiger partial charge on any atom is 0.164 e. The Morgan fingerprint density at radius 2 is 1.59 bits per heavy atom. The van der Waals surface area contributed by atoms with Gasteiger partial charge < -0.3 is 14.2 Å². The monoisotopic (exact) mass is 314 g/mol. The summed E-state index contributed by atoms with van der Waals surface area (Å²) in [6, 6.07) is 0. The van der Waals surface area contributed by atoms with E-state index in [1.54, 1.807) is 0 Å². The quantitative estimate of drug-likeness (QED) is 0.610. The van der Waals surface area contributed by atoms with E-state index < -0.39 is 0 Å². The van der Waals surface area contributed by atoms with Gasteiger partial charge in [-0.1, -0.05) is 48.0 Å². The first-order valence-electron chi connectivity index (χ1n) is 8.54. The maximum atomic E-state index is 11.5. The summed E-state index contributed by atoms with van der Waals surface area (Å²) in [6.07, 6.45) is 4.20. The minimum atomic E-state index is -0.246. The fourth-order valence-electron chi connectivity index (χ4n) is 1.79. The Bertz CT molecular complexity index is 341. The second kappa shape index (κ2) is 8.42. The minimum Gasteiger partial charge on any atom is -0.373 e. The first kappa shape index (κ1) is 19.6. The first-order valence-corrected chi connectivity index (χ1v) is 8.54. The minimum absolute atomic E-state index is 0.177. The number of rotatable bonds is 9. The van der Waals surface area contributed by atoms with E-state index in [4.69, 9.17) is 14.2 Å². The smallest absolute Gasteiger partial charge is 0.164 e. The summed E-state index contributed by atoms with van der Waals surface area (Å²) in [4.78, 5) is 11.5. The first-order chi connectivity index (χ1) is 10.2. The Morgan fingerprint density at radius 1 is 1.05 bits per heavy atom. The average molecular weight is 314 g/mol. The SMILES string of the molecule is CCC(C)(C)C(=O)COCC1CO1.CCC(C)(C)CC1CO1. The summed E-state index contributed by atoms with van der Waals surface area (Å²) in [7, 11) is 0. The van der Waals surface area contributed by atoms with Crippen molar-refractivity contribution >= 4 is 5.78 Å². The molecule has 0 saturated carbocycles. The van der Waals surface area contributed by atoms with Crippen molar-refractivity contribution in [3.05, 3.63) is 0 Å². The zero-order valence-electron chi connectivity index (χ0n) is 15.2. The number of Topliss-reactive ketones (excluding diaryl/α,β-unsaturated/α-hetero) is 1. The van der Waals surface area contributed by atoms with Crippen molar-refractivity contribution in [2.24, 2.45) is 10.8 Å². The van der Waals surface area contributed by atoms with Gasteiger partial charge in [-0.25, -0.2) is 0 Å². The number of carbonyl (C=O) groups is 1. The van der Waals surface area contributed by atoms with Gasteiger partial charge >= 0.3 is 0 Å². The molecule has 22 heavy (non-hydrogen) atoms. The summed E-state index contributed by atoms with van der Waals surface area (Å²) in [5, 5.41) is 0. The standard InChI is InChI=1S/C10H18O3.C8H16O/c1-4-10(2,3)9(11)7-12-5-8-6-13-8;1-4-8(2,3)5-7-6-9-7/h8H,4-7H2,1-3H3;7H,4-6H2,1-3H3. The highest BCUT2D eigenvalue weighted by atomic mass is 16.6. The molecule has 2 aliphatic heterocycles. The molecule has 2 fully saturated rings. The van der Waals surface area contributed by atoms with Crippen molar-refractivity contribution in [3.8, 4) is 0 Å². The van der Waals surface area contributed by atoms with E-state index in [0.717, 1.165) is 19.6 Å². The van der Waals surface area contributed by atoms with Crippen LogP contribution in [0.15, 0.2) is 0 Å². The Kier molecular flexibility index (Phi) is 7.50. The predicted molar refractivity (Wildman–Crippen MR) is 88.1 cm³/mol. The summed E-state index contributed by atoms with van der Waals surface area (Å²) >= 11 is 0. The third kappa shape index (κ3) is 8.25. The molecule has 0 N–H and O–H groups in total. The third-order valence-corrected chi connectivity index (χ3v) is 4.72. The highest BCUT2D eigenvalue weighted by molar-refractivity contribution is 5.85. The topological polar surface area (TPSA) is 51.4 Å². The summed E-state index contributed by atoms with van der Waals surface area (Å²) in [5.74, 6) is 0.177. The Balaban J connectivity index is 0.000000235. The van der Waals surface area contributed by atoms with Crippen molar-refractivity contribution in [2.45, 2.75) is 73.0 Å². The van der Waals surface area contributed by atoms with Crippen LogP contribution in [0.2, 0.25) is 0 Å². The lowest BCUT2D eigenvalue weighted by Gasteiger charge is -2.20. The molecular weight excluding hydrogens is 280 g/mol. The van der Waals surface area contributed by atoms with Gasteiger partial charge in [-0.3, -0.25) is 4.79 Å². The van der Waals surface area contributed by atoms with Crippen LogP contribution in [0, 0.1) is 10.8 Å². The van der Waals surface area contributed by atoms with E-state index in [2.05, 4.69) is 20.8 Å². The van der Waals surface area contributed by atoms with Crippen LogP contribution in [-0.4, -0.2) is 44.4 Å². The van der Waals surface area contributed by atoms with Crippen LogP contribution in [0.1, 0.15) is 60.8 Å². The molecule has 4 heteroatoms. The molecule has 2 aliphatic rings. The van der Waals surface area contributed by atoms with Gasteiger partial charge in [0.25, 0.3) is 0 Å². The van der Waals surface area contributed by atoms with Crippen LogP contribution in [-0.2, 0) is 19.0 Å². The maximum absolute atomic E-state index is 11.5. The molecule has 0 aliphatic carbocycles. The van der Waals surface area contributed by atoms with Gasteiger partial charge in [-0.2, -0.15) is 0 Å². The molecule has 0 aromatic rings. The van der Waals surface area contributed by atoms with Gasteiger partial charge in [0.1, 0.15) is 12.7 Å². The molecule has 0 spiro atoms. The van der Waals surface area contributed by atoms with Gasteiger partial charge in [-0.15, -0.1) is 0 Å². The molecule has 2 unspecified atom stereocenters. The van der Waals surface area contributed by atoms with E-state index in [9.17, 15) is 4.79 Å². The highest BCUT2D eigenvalue weighted by Crippen LogP contribution is 2.31. The van der Waals surface area contributed by atoms with Crippen molar-refractivity contribution in [1.82, 2.24) is 0 Å². The molecule has 0 radical (unpaired) electrons. The summed E-state index contributed by atoms with van der Waals surface area (Å²) < 4.78 is 15.3. The van der Waals surface area contributed by atoms with Crippen molar-refractivity contribution < 1.29 is 19.0 Å². The molecule has 0 aromatic heterocycles. The van der Waals surface area contributed by atoms with Crippen molar-refractivity contribution in [1.29, 1.82) is 0 Å². The number of hydrogen-bond donors (Lipinski definition) is 0.